The van der Waals surface area contributed by atoms with E-state index >= 15 is 0 Å². The molecule has 0 spiro atoms. The number of nitro groups is 1. The molecule has 33 heavy (non-hydrogen) atoms. The van der Waals surface area contributed by atoms with E-state index in [9.17, 15) is 29.6 Å². The number of nitro benzene ring substituents is 1. The van der Waals surface area contributed by atoms with Crippen LogP contribution < -0.4 is 10.6 Å². The fraction of sp³-hybridized carbons (Fsp3) is 0.0870. The summed E-state index contributed by atoms with van der Waals surface area (Å²) in [5.74, 6) is -1.87. The van der Waals surface area contributed by atoms with Crippen molar-refractivity contribution < 1.29 is 24.4 Å². The highest BCUT2D eigenvalue weighted by Crippen LogP contribution is 2.24. The van der Waals surface area contributed by atoms with Gasteiger partial charge in [-0.25, -0.2) is 4.79 Å². The summed E-state index contributed by atoms with van der Waals surface area (Å²) in [6.45, 7) is 1.68. The molecule has 3 aromatic rings. The van der Waals surface area contributed by atoms with Gasteiger partial charge < -0.3 is 15.7 Å². The van der Waals surface area contributed by atoms with Gasteiger partial charge in [-0.15, -0.1) is 11.8 Å². The van der Waals surface area contributed by atoms with Crippen molar-refractivity contribution in [3.8, 4) is 0 Å². The van der Waals surface area contributed by atoms with Gasteiger partial charge in [0.25, 0.3) is 11.6 Å². The number of non-ortho nitro benzene ring substituents is 1. The summed E-state index contributed by atoms with van der Waals surface area (Å²) < 4.78 is 0. The third kappa shape index (κ3) is 6.17. The molecule has 2 amide bonds. The third-order valence-electron chi connectivity index (χ3n) is 4.58. The number of benzene rings is 3. The third-order valence-corrected chi connectivity index (χ3v) is 5.59. The number of hydrogen-bond acceptors (Lipinski definition) is 6. The lowest BCUT2D eigenvalue weighted by Gasteiger charge is -2.09. The molecule has 3 aromatic carbocycles. The van der Waals surface area contributed by atoms with Crippen LogP contribution in [-0.4, -0.2) is 33.6 Å². The van der Waals surface area contributed by atoms with E-state index in [4.69, 9.17) is 0 Å². The van der Waals surface area contributed by atoms with E-state index in [2.05, 4.69) is 10.6 Å². The molecule has 0 aliphatic rings. The van der Waals surface area contributed by atoms with Gasteiger partial charge in [0, 0.05) is 28.4 Å². The van der Waals surface area contributed by atoms with Crippen LogP contribution in [0.15, 0.2) is 71.6 Å². The molecule has 0 heterocycles. The lowest BCUT2D eigenvalue weighted by molar-refractivity contribution is -0.384. The first-order chi connectivity index (χ1) is 15.7. The highest BCUT2D eigenvalue weighted by atomic mass is 32.2. The molecule has 168 valence electrons. The molecule has 10 heteroatoms. The highest BCUT2D eigenvalue weighted by Gasteiger charge is 2.16. The fourth-order valence-corrected chi connectivity index (χ4v) is 3.64. The highest BCUT2D eigenvalue weighted by molar-refractivity contribution is 8.00. The average Bonchev–Trinajstić information content (AvgIpc) is 2.79. The van der Waals surface area contributed by atoms with Crippen LogP contribution in [-0.2, 0) is 4.79 Å². The quantitative estimate of drug-likeness (QED) is 0.251. The Morgan fingerprint density at radius 1 is 0.970 bits per heavy atom. The van der Waals surface area contributed by atoms with E-state index in [1.807, 2.05) is 0 Å². The molecular formula is C23H19N3O6S. The number of aromatic carboxylic acids is 1. The van der Waals surface area contributed by atoms with Crippen LogP contribution in [0.5, 0.6) is 0 Å². The molecule has 0 saturated carbocycles. The fourth-order valence-electron chi connectivity index (χ4n) is 2.94. The van der Waals surface area contributed by atoms with Gasteiger partial charge in [0.1, 0.15) is 0 Å². The topological polar surface area (TPSA) is 139 Å². The lowest BCUT2D eigenvalue weighted by Crippen LogP contribution is -2.16. The Labute approximate surface area is 193 Å². The van der Waals surface area contributed by atoms with Gasteiger partial charge in [-0.05, 0) is 55.0 Å². The number of thioether (sulfide) groups is 1. The molecule has 0 unspecified atom stereocenters. The van der Waals surface area contributed by atoms with E-state index in [0.717, 1.165) is 4.90 Å². The lowest BCUT2D eigenvalue weighted by atomic mass is 10.1. The van der Waals surface area contributed by atoms with Crippen molar-refractivity contribution in [2.75, 3.05) is 16.4 Å². The number of nitrogens with zero attached hydrogens (tertiary/aromatic N) is 1. The maximum absolute atomic E-state index is 12.4. The predicted molar refractivity (Wildman–Crippen MR) is 125 cm³/mol. The van der Waals surface area contributed by atoms with Crippen molar-refractivity contribution in [3.05, 3.63) is 93.5 Å². The Morgan fingerprint density at radius 3 is 2.24 bits per heavy atom. The van der Waals surface area contributed by atoms with E-state index in [0.29, 0.717) is 16.9 Å². The monoisotopic (exact) mass is 465 g/mol. The Morgan fingerprint density at radius 2 is 1.64 bits per heavy atom. The number of carboxylic acids is 1. The zero-order valence-corrected chi connectivity index (χ0v) is 18.2. The Balaban J connectivity index is 1.56. The van der Waals surface area contributed by atoms with E-state index < -0.39 is 16.8 Å². The first-order valence-electron chi connectivity index (χ1n) is 9.66. The molecule has 0 aromatic heterocycles. The number of carbonyl (C=O) groups excluding carboxylic acids is 2. The van der Waals surface area contributed by atoms with Gasteiger partial charge in [-0.3, -0.25) is 19.7 Å². The molecule has 0 saturated heterocycles. The standard InChI is InChI=1S/C23H19N3O6S/c1-14-12-16(26(31)32)8-11-20(14)25-21(27)13-33-17-9-6-15(7-10-17)24-22(28)18-4-2-3-5-19(18)23(29)30/h2-12H,13H2,1H3,(H,24,28)(H,25,27)(H,29,30). The zero-order valence-electron chi connectivity index (χ0n) is 17.4. The number of hydrogen-bond donors (Lipinski definition) is 3. The first-order valence-corrected chi connectivity index (χ1v) is 10.6. The molecule has 0 aliphatic carbocycles. The SMILES string of the molecule is Cc1cc([N+](=O)[O-])ccc1NC(=O)CSc1ccc(NC(=O)c2ccccc2C(=O)O)cc1. The maximum Gasteiger partial charge on any atom is 0.336 e. The van der Waals surface area contributed by atoms with Crippen LogP contribution in [0.25, 0.3) is 0 Å². The van der Waals surface area contributed by atoms with Crippen molar-refractivity contribution in [2.45, 2.75) is 11.8 Å². The molecule has 0 radical (unpaired) electrons. The number of carbonyl (C=O) groups is 3. The molecule has 0 atom stereocenters. The number of nitrogens with one attached hydrogen (secondary N) is 2. The normalized spacial score (nSPS) is 10.3. The van der Waals surface area contributed by atoms with Crippen LogP contribution in [0.1, 0.15) is 26.3 Å². The summed E-state index contributed by atoms with van der Waals surface area (Å²) in [6.07, 6.45) is 0. The molecular weight excluding hydrogens is 446 g/mol. The van der Waals surface area contributed by atoms with Gasteiger partial charge in [-0.2, -0.15) is 0 Å². The largest absolute Gasteiger partial charge is 0.478 e. The van der Waals surface area contributed by atoms with Crippen LogP contribution in [0.3, 0.4) is 0 Å². The summed E-state index contributed by atoms with van der Waals surface area (Å²) in [7, 11) is 0. The summed E-state index contributed by atoms with van der Waals surface area (Å²) in [4.78, 5) is 47.1. The van der Waals surface area contributed by atoms with Crippen molar-refractivity contribution in [3.63, 3.8) is 0 Å². The number of carboxylic acid groups (broad SMARTS) is 1. The van der Waals surface area contributed by atoms with Gasteiger partial charge in [-0.1, -0.05) is 12.1 Å². The Bertz CT molecular complexity index is 1230. The summed E-state index contributed by atoms with van der Waals surface area (Å²) in [5, 5.41) is 25.4. The van der Waals surface area contributed by atoms with Gasteiger partial charge >= 0.3 is 5.97 Å². The van der Waals surface area contributed by atoms with Crippen LogP contribution in [0.4, 0.5) is 17.1 Å². The van der Waals surface area contributed by atoms with Crippen LogP contribution >= 0.6 is 11.8 Å². The second kappa shape index (κ2) is 10.4. The van der Waals surface area contributed by atoms with Crippen LogP contribution in [0.2, 0.25) is 0 Å². The molecule has 3 rings (SSSR count). The number of amides is 2. The second-order valence-corrected chi connectivity index (χ2v) is 7.97. The minimum Gasteiger partial charge on any atom is -0.478 e. The number of aryl methyl sites for hydroxylation is 1. The summed E-state index contributed by atoms with van der Waals surface area (Å²) >= 11 is 1.28. The molecule has 0 aliphatic heterocycles. The van der Waals surface area contributed by atoms with Crippen LogP contribution in [0, 0.1) is 17.0 Å². The van der Waals surface area contributed by atoms with Gasteiger partial charge in [0.15, 0.2) is 0 Å². The van der Waals surface area contributed by atoms with Gasteiger partial charge in [0.2, 0.25) is 5.91 Å². The molecule has 3 N–H and O–H groups in total. The summed E-state index contributed by atoms with van der Waals surface area (Å²) in [6, 6.07) is 16.9. The summed E-state index contributed by atoms with van der Waals surface area (Å²) in [5.41, 5.74) is 1.50. The van der Waals surface area contributed by atoms with Gasteiger partial charge in [0.05, 0.1) is 21.8 Å². The Hall–Kier alpha value is -4.18. The van der Waals surface area contributed by atoms with E-state index in [1.165, 1.54) is 42.1 Å². The second-order valence-electron chi connectivity index (χ2n) is 6.92. The minimum absolute atomic E-state index is 0.0431. The predicted octanol–water partition coefficient (Wildman–Crippen LogP) is 4.58. The number of rotatable bonds is 8. The molecule has 0 fully saturated rings. The van der Waals surface area contributed by atoms with E-state index in [1.54, 1.807) is 43.3 Å². The van der Waals surface area contributed by atoms with E-state index in [-0.39, 0.29) is 28.5 Å². The Kier molecular flexibility index (Phi) is 7.42. The minimum atomic E-state index is -1.19. The first kappa shape index (κ1) is 23.5. The average molecular weight is 465 g/mol. The van der Waals surface area contributed by atoms with Crippen molar-refractivity contribution >= 4 is 46.6 Å². The van der Waals surface area contributed by atoms with Crippen molar-refractivity contribution in [1.29, 1.82) is 0 Å². The van der Waals surface area contributed by atoms with Crippen molar-refractivity contribution in [1.82, 2.24) is 0 Å². The maximum atomic E-state index is 12.4. The molecule has 0 bridgehead atoms. The van der Waals surface area contributed by atoms with Crippen molar-refractivity contribution in [2.24, 2.45) is 0 Å². The zero-order chi connectivity index (χ0) is 24.0. The number of anilines is 2. The molecule has 9 nitrogen and oxygen atoms in total. The smallest absolute Gasteiger partial charge is 0.336 e.